The van der Waals surface area contributed by atoms with E-state index in [1.54, 1.807) is 0 Å². The number of benzene rings is 1. The lowest BCUT2D eigenvalue weighted by atomic mass is 10.1. The number of likely N-dealkylation sites (N-methyl/N-ethyl adjacent to an activating group) is 1. The Kier molecular flexibility index (Phi) is 5.01. The molecule has 0 bridgehead atoms. The SMILES string of the molecule is CCN1CCN(C(=O)CCc2cccc(N)c2)CC1C. The third kappa shape index (κ3) is 3.73. The largest absolute Gasteiger partial charge is 0.399 e. The fourth-order valence-electron chi connectivity index (χ4n) is 2.85. The van der Waals surface area contributed by atoms with Crippen LogP contribution in [0.3, 0.4) is 0 Å². The molecule has 2 rings (SSSR count). The van der Waals surface area contributed by atoms with Crippen molar-refractivity contribution in [1.82, 2.24) is 9.80 Å². The van der Waals surface area contributed by atoms with Gasteiger partial charge in [0.1, 0.15) is 0 Å². The molecule has 0 aliphatic carbocycles. The number of nitrogen functional groups attached to an aromatic ring is 1. The van der Waals surface area contributed by atoms with E-state index in [0.29, 0.717) is 12.5 Å². The molecule has 1 amide bonds. The number of rotatable bonds is 4. The van der Waals surface area contributed by atoms with Crippen LogP contribution in [-0.2, 0) is 11.2 Å². The van der Waals surface area contributed by atoms with Crippen LogP contribution in [0, 0.1) is 0 Å². The van der Waals surface area contributed by atoms with Crippen molar-refractivity contribution in [3.63, 3.8) is 0 Å². The maximum absolute atomic E-state index is 12.3. The minimum atomic E-state index is 0.259. The molecule has 110 valence electrons. The minimum absolute atomic E-state index is 0.259. The normalized spacial score (nSPS) is 20.1. The highest BCUT2D eigenvalue weighted by Gasteiger charge is 2.25. The van der Waals surface area contributed by atoms with Crippen molar-refractivity contribution >= 4 is 11.6 Å². The molecule has 1 atom stereocenters. The van der Waals surface area contributed by atoms with Gasteiger partial charge < -0.3 is 10.6 Å². The van der Waals surface area contributed by atoms with Crippen LogP contribution in [0.2, 0.25) is 0 Å². The second-order valence-corrected chi connectivity index (χ2v) is 5.56. The highest BCUT2D eigenvalue weighted by atomic mass is 16.2. The molecular formula is C16H25N3O. The van der Waals surface area contributed by atoms with Crippen LogP contribution in [0.25, 0.3) is 0 Å². The predicted octanol–water partition coefficient (Wildman–Crippen LogP) is 1.75. The molecule has 1 aromatic carbocycles. The summed E-state index contributed by atoms with van der Waals surface area (Å²) in [6, 6.07) is 8.26. The lowest BCUT2D eigenvalue weighted by Gasteiger charge is -2.39. The molecule has 0 spiro atoms. The average molecular weight is 275 g/mol. The molecule has 2 N–H and O–H groups in total. The van der Waals surface area contributed by atoms with Crippen LogP contribution in [-0.4, -0.2) is 47.9 Å². The van der Waals surface area contributed by atoms with Crippen LogP contribution < -0.4 is 5.73 Å². The standard InChI is InChI=1S/C16H25N3O/c1-3-18-9-10-19(12-13(18)2)16(20)8-7-14-5-4-6-15(17)11-14/h4-6,11,13H,3,7-10,12,17H2,1-2H3. The molecule has 0 saturated carbocycles. The number of nitrogens with two attached hydrogens (primary N) is 1. The predicted molar refractivity (Wildman–Crippen MR) is 82.5 cm³/mol. The Hall–Kier alpha value is -1.55. The summed E-state index contributed by atoms with van der Waals surface area (Å²) in [6.45, 7) is 8.13. The molecule has 0 aromatic heterocycles. The van der Waals surface area contributed by atoms with Gasteiger partial charge in [-0.3, -0.25) is 9.69 Å². The highest BCUT2D eigenvalue weighted by Crippen LogP contribution is 2.13. The maximum Gasteiger partial charge on any atom is 0.222 e. The molecule has 20 heavy (non-hydrogen) atoms. The first-order valence-corrected chi connectivity index (χ1v) is 7.46. The van der Waals surface area contributed by atoms with Gasteiger partial charge in [0, 0.05) is 37.8 Å². The van der Waals surface area contributed by atoms with E-state index in [0.717, 1.165) is 43.9 Å². The van der Waals surface area contributed by atoms with Gasteiger partial charge >= 0.3 is 0 Å². The van der Waals surface area contributed by atoms with E-state index in [9.17, 15) is 4.79 Å². The first kappa shape index (κ1) is 14.9. The fourth-order valence-corrected chi connectivity index (χ4v) is 2.85. The summed E-state index contributed by atoms with van der Waals surface area (Å²) in [6.07, 6.45) is 1.34. The van der Waals surface area contributed by atoms with Crippen molar-refractivity contribution in [3.8, 4) is 0 Å². The summed E-state index contributed by atoms with van der Waals surface area (Å²) in [5.74, 6) is 0.259. The van der Waals surface area contributed by atoms with E-state index in [2.05, 4.69) is 18.7 Å². The Morgan fingerprint density at radius 3 is 2.85 bits per heavy atom. The van der Waals surface area contributed by atoms with Crippen molar-refractivity contribution in [2.45, 2.75) is 32.7 Å². The summed E-state index contributed by atoms with van der Waals surface area (Å²) >= 11 is 0. The van der Waals surface area contributed by atoms with E-state index in [1.165, 1.54) is 0 Å². The molecule has 4 nitrogen and oxygen atoms in total. The molecule has 1 aromatic rings. The summed E-state index contributed by atoms with van der Waals surface area (Å²) in [7, 11) is 0. The Morgan fingerprint density at radius 2 is 2.20 bits per heavy atom. The van der Waals surface area contributed by atoms with Gasteiger partial charge in [0.05, 0.1) is 0 Å². The number of hydrogen-bond donors (Lipinski definition) is 1. The highest BCUT2D eigenvalue weighted by molar-refractivity contribution is 5.76. The number of nitrogens with zero attached hydrogens (tertiary/aromatic N) is 2. The topological polar surface area (TPSA) is 49.6 Å². The van der Waals surface area contributed by atoms with Gasteiger partial charge in [-0.25, -0.2) is 0 Å². The van der Waals surface area contributed by atoms with Crippen molar-refractivity contribution in [2.75, 3.05) is 31.9 Å². The van der Waals surface area contributed by atoms with E-state index in [4.69, 9.17) is 5.73 Å². The van der Waals surface area contributed by atoms with Crippen molar-refractivity contribution in [2.24, 2.45) is 0 Å². The van der Waals surface area contributed by atoms with Gasteiger partial charge in [-0.1, -0.05) is 19.1 Å². The summed E-state index contributed by atoms with van der Waals surface area (Å²) in [4.78, 5) is 16.7. The minimum Gasteiger partial charge on any atom is -0.399 e. The molecule has 1 fully saturated rings. The quantitative estimate of drug-likeness (QED) is 0.852. The zero-order chi connectivity index (χ0) is 14.5. The second-order valence-electron chi connectivity index (χ2n) is 5.56. The van der Waals surface area contributed by atoms with E-state index in [1.807, 2.05) is 29.2 Å². The van der Waals surface area contributed by atoms with E-state index in [-0.39, 0.29) is 5.91 Å². The van der Waals surface area contributed by atoms with Gasteiger partial charge in [-0.05, 0) is 37.6 Å². The number of hydrogen-bond acceptors (Lipinski definition) is 3. The lowest BCUT2D eigenvalue weighted by molar-refractivity contribution is -0.134. The Morgan fingerprint density at radius 1 is 1.40 bits per heavy atom. The Balaban J connectivity index is 1.83. The summed E-state index contributed by atoms with van der Waals surface area (Å²) in [5, 5.41) is 0. The third-order valence-electron chi connectivity index (χ3n) is 4.10. The van der Waals surface area contributed by atoms with E-state index < -0.39 is 0 Å². The molecule has 4 heteroatoms. The molecule has 1 aliphatic rings. The molecule has 1 aliphatic heterocycles. The summed E-state index contributed by atoms with van der Waals surface area (Å²) in [5.41, 5.74) is 7.66. The van der Waals surface area contributed by atoms with Crippen LogP contribution in [0.1, 0.15) is 25.8 Å². The van der Waals surface area contributed by atoms with E-state index >= 15 is 0 Å². The number of carbonyl (C=O) groups excluding carboxylic acids is 1. The lowest BCUT2D eigenvalue weighted by Crippen LogP contribution is -2.53. The van der Waals surface area contributed by atoms with Gasteiger partial charge in [0.2, 0.25) is 5.91 Å². The van der Waals surface area contributed by atoms with Crippen molar-refractivity contribution < 1.29 is 4.79 Å². The first-order chi connectivity index (χ1) is 9.60. The maximum atomic E-state index is 12.3. The Labute approximate surface area is 121 Å². The molecule has 1 heterocycles. The van der Waals surface area contributed by atoms with Gasteiger partial charge in [0.25, 0.3) is 0 Å². The van der Waals surface area contributed by atoms with Gasteiger partial charge in [-0.2, -0.15) is 0 Å². The van der Waals surface area contributed by atoms with Crippen LogP contribution in [0.15, 0.2) is 24.3 Å². The third-order valence-corrected chi connectivity index (χ3v) is 4.10. The average Bonchev–Trinajstić information content (AvgIpc) is 2.44. The second kappa shape index (κ2) is 6.75. The summed E-state index contributed by atoms with van der Waals surface area (Å²) < 4.78 is 0. The smallest absolute Gasteiger partial charge is 0.222 e. The van der Waals surface area contributed by atoms with Crippen LogP contribution in [0.4, 0.5) is 5.69 Å². The van der Waals surface area contributed by atoms with Crippen molar-refractivity contribution in [1.29, 1.82) is 0 Å². The monoisotopic (exact) mass is 275 g/mol. The van der Waals surface area contributed by atoms with Crippen LogP contribution >= 0.6 is 0 Å². The number of amides is 1. The number of piperazine rings is 1. The number of aryl methyl sites for hydroxylation is 1. The fraction of sp³-hybridized carbons (Fsp3) is 0.562. The van der Waals surface area contributed by atoms with Crippen molar-refractivity contribution in [3.05, 3.63) is 29.8 Å². The molecular weight excluding hydrogens is 250 g/mol. The number of anilines is 1. The van der Waals surface area contributed by atoms with Gasteiger partial charge in [-0.15, -0.1) is 0 Å². The number of carbonyl (C=O) groups is 1. The van der Waals surface area contributed by atoms with Gasteiger partial charge in [0.15, 0.2) is 0 Å². The zero-order valence-corrected chi connectivity index (χ0v) is 12.5. The molecule has 1 saturated heterocycles. The molecule has 0 radical (unpaired) electrons. The van der Waals surface area contributed by atoms with Crippen LogP contribution in [0.5, 0.6) is 0 Å². The first-order valence-electron chi connectivity index (χ1n) is 7.46. The molecule has 1 unspecified atom stereocenters. The Bertz CT molecular complexity index is 461. The zero-order valence-electron chi connectivity index (χ0n) is 12.5.